The molecule has 1 aliphatic rings. The van der Waals surface area contributed by atoms with Crippen molar-refractivity contribution in [3.63, 3.8) is 0 Å². The van der Waals surface area contributed by atoms with Crippen molar-refractivity contribution in [2.75, 3.05) is 11.9 Å². The number of carbonyl (C=O) groups excluding carboxylic acids is 1. The number of anilines is 1. The van der Waals surface area contributed by atoms with Gasteiger partial charge in [-0.3, -0.25) is 4.79 Å². The Morgan fingerprint density at radius 2 is 1.96 bits per heavy atom. The van der Waals surface area contributed by atoms with Gasteiger partial charge >= 0.3 is 5.97 Å². The summed E-state index contributed by atoms with van der Waals surface area (Å²) < 4.78 is 5.15. The first-order valence-corrected chi connectivity index (χ1v) is 8.23. The zero-order chi connectivity index (χ0) is 16.9. The average molecular weight is 319 g/mol. The first kappa shape index (κ1) is 17.3. The third-order valence-corrected chi connectivity index (χ3v) is 4.78. The molecular weight excluding hydrogens is 294 g/mol. The number of hydrogen-bond donors (Lipinski definition) is 2. The summed E-state index contributed by atoms with van der Waals surface area (Å²) >= 11 is 0. The molecule has 1 aliphatic carbocycles. The molecule has 23 heavy (non-hydrogen) atoms. The normalized spacial score (nSPS) is 16.6. The predicted molar refractivity (Wildman–Crippen MR) is 88.7 cm³/mol. The van der Waals surface area contributed by atoms with Gasteiger partial charge in [-0.05, 0) is 49.9 Å². The van der Waals surface area contributed by atoms with E-state index in [1.807, 2.05) is 6.92 Å². The van der Waals surface area contributed by atoms with E-state index >= 15 is 0 Å². The van der Waals surface area contributed by atoms with Crippen LogP contribution < -0.4 is 10.1 Å². The number of carboxylic acids is 1. The number of aliphatic carboxylic acids is 1. The zero-order valence-corrected chi connectivity index (χ0v) is 13.9. The fraction of sp³-hybridized carbons (Fsp3) is 0.556. The molecule has 0 heterocycles. The second kappa shape index (κ2) is 7.49. The molecule has 5 nitrogen and oxygen atoms in total. The highest BCUT2D eigenvalue weighted by atomic mass is 16.5. The van der Waals surface area contributed by atoms with Crippen molar-refractivity contribution in [3.8, 4) is 5.75 Å². The smallest absolute Gasteiger partial charge is 0.341 e. The highest BCUT2D eigenvalue weighted by molar-refractivity contribution is 5.96. The van der Waals surface area contributed by atoms with Crippen molar-refractivity contribution in [2.45, 2.75) is 52.4 Å². The summed E-state index contributed by atoms with van der Waals surface area (Å²) in [6.07, 6.45) is 6.20. The van der Waals surface area contributed by atoms with Crippen LogP contribution in [0.2, 0.25) is 0 Å². The lowest BCUT2D eigenvalue weighted by Gasteiger charge is -2.35. The summed E-state index contributed by atoms with van der Waals surface area (Å²) in [5.41, 5.74) is 1.38. The van der Waals surface area contributed by atoms with Crippen LogP contribution in [-0.4, -0.2) is 23.6 Å². The van der Waals surface area contributed by atoms with E-state index in [0.29, 0.717) is 5.75 Å². The second-order valence-corrected chi connectivity index (χ2v) is 6.31. The maximum absolute atomic E-state index is 12.8. The number of ether oxygens (including phenoxy) is 1. The fourth-order valence-corrected chi connectivity index (χ4v) is 3.24. The number of hydrogen-bond acceptors (Lipinski definition) is 3. The van der Waals surface area contributed by atoms with Crippen LogP contribution in [0.4, 0.5) is 5.69 Å². The van der Waals surface area contributed by atoms with Gasteiger partial charge in [0.2, 0.25) is 5.91 Å². The molecular formula is C18H25NO4. The molecule has 1 aromatic carbocycles. The Morgan fingerprint density at radius 1 is 1.26 bits per heavy atom. The third kappa shape index (κ3) is 4.24. The molecule has 0 spiro atoms. The summed E-state index contributed by atoms with van der Waals surface area (Å²) in [5, 5.41) is 11.7. The van der Waals surface area contributed by atoms with Crippen LogP contribution in [0.3, 0.4) is 0 Å². The van der Waals surface area contributed by atoms with Gasteiger partial charge in [0, 0.05) is 11.1 Å². The Morgan fingerprint density at radius 3 is 2.52 bits per heavy atom. The van der Waals surface area contributed by atoms with Gasteiger partial charge in [0.15, 0.2) is 6.61 Å². The van der Waals surface area contributed by atoms with E-state index in [-0.39, 0.29) is 17.9 Å². The quantitative estimate of drug-likeness (QED) is 0.837. The Bertz CT molecular complexity index is 576. The molecule has 1 amide bonds. The van der Waals surface area contributed by atoms with Gasteiger partial charge in [-0.1, -0.05) is 26.2 Å². The Balaban J connectivity index is 2.07. The molecule has 0 radical (unpaired) electrons. The summed E-state index contributed by atoms with van der Waals surface area (Å²) in [6.45, 7) is 3.59. The van der Waals surface area contributed by atoms with E-state index in [2.05, 4.69) is 12.2 Å². The monoisotopic (exact) mass is 319 g/mol. The van der Waals surface area contributed by atoms with E-state index < -0.39 is 5.97 Å². The van der Waals surface area contributed by atoms with Crippen LogP contribution in [0.25, 0.3) is 0 Å². The van der Waals surface area contributed by atoms with Gasteiger partial charge in [-0.15, -0.1) is 0 Å². The van der Waals surface area contributed by atoms with Crippen molar-refractivity contribution < 1.29 is 19.4 Å². The van der Waals surface area contributed by atoms with Crippen LogP contribution in [0.15, 0.2) is 18.2 Å². The number of aryl methyl sites for hydroxylation is 1. The third-order valence-electron chi connectivity index (χ3n) is 4.78. The Labute approximate surface area is 137 Å². The minimum atomic E-state index is -1.01. The van der Waals surface area contributed by atoms with Crippen molar-refractivity contribution in [2.24, 2.45) is 5.41 Å². The fourth-order valence-electron chi connectivity index (χ4n) is 3.24. The maximum atomic E-state index is 12.8. The molecule has 0 unspecified atom stereocenters. The van der Waals surface area contributed by atoms with Gasteiger partial charge in [0.25, 0.3) is 0 Å². The highest BCUT2D eigenvalue weighted by Gasteiger charge is 2.37. The minimum absolute atomic E-state index is 0.0991. The van der Waals surface area contributed by atoms with E-state index in [9.17, 15) is 9.59 Å². The lowest BCUT2D eigenvalue weighted by Crippen LogP contribution is -2.37. The Hall–Kier alpha value is -2.04. The molecule has 2 N–H and O–H groups in total. The molecule has 0 saturated heterocycles. The molecule has 0 atom stereocenters. The number of amides is 1. The maximum Gasteiger partial charge on any atom is 0.341 e. The lowest BCUT2D eigenvalue weighted by atomic mass is 9.71. The van der Waals surface area contributed by atoms with Crippen molar-refractivity contribution >= 4 is 17.6 Å². The van der Waals surface area contributed by atoms with E-state index in [1.165, 1.54) is 6.42 Å². The molecule has 1 aromatic rings. The topological polar surface area (TPSA) is 75.6 Å². The van der Waals surface area contributed by atoms with Gasteiger partial charge in [0.05, 0.1) is 0 Å². The van der Waals surface area contributed by atoms with Crippen LogP contribution >= 0.6 is 0 Å². The largest absolute Gasteiger partial charge is 0.482 e. The number of carbonyl (C=O) groups is 2. The second-order valence-electron chi connectivity index (χ2n) is 6.31. The molecule has 0 aromatic heterocycles. The van der Waals surface area contributed by atoms with E-state index in [1.54, 1.807) is 18.2 Å². The minimum Gasteiger partial charge on any atom is -0.482 e. The van der Waals surface area contributed by atoms with Gasteiger partial charge in [0.1, 0.15) is 5.75 Å². The molecule has 5 heteroatoms. The van der Waals surface area contributed by atoms with Crippen LogP contribution in [-0.2, 0) is 9.59 Å². The number of rotatable bonds is 6. The van der Waals surface area contributed by atoms with Crippen molar-refractivity contribution in [1.29, 1.82) is 0 Å². The Kier molecular flexibility index (Phi) is 5.64. The predicted octanol–water partition coefficient (Wildman–Crippen LogP) is 3.76. The number of carboxylic acid groups (broad SMARTS) is 1. The van der Waals surface area contributed by atoms with Crippen molar-refractivity contribution in [3.05, 3.63) is 23.8 Å². The van der Waals surface area contributed by atoms with Crippen molar-refractivity contribution in [1.82, 2.24) is 0 Å². The zero-order valence-electron chi connectivity index (χ0n) is 13.9. The SMILES string of the molecule is CCC1(C(=O)Nc2ccc(OCC(=O)O)cc2C)CCCCC1. The molecule has 1 saturated carbocycles. The first-order valence-electron chi connectivity index (χ1n) is 8.23. The molecule has 1 fully saturated rings. The van der Waals surface area contributed by atoms with Crippen LogP contribution in [0.1, 0.15) is 51.0 Å². The number of benzene rings is 1. The van der Waals surface area contributed by atoms with Gasteiger partial charge in [-0.25, -0.2) is 4.79 Å². The van der Waals surface area contributed by atoms with Crippen LogP contribution in [0, 0.1) is 12.3 Å². The summed E-state index contributed by atoms with van der Waals surface area (Å²) in [6, 6.07) is 5.21. The van der Waals surface area contributed by atoms with Gasteiger partial charge in [-0.2, -0.15) is 0 Å². The molecule has 0 bridgehead atoms. The molecule has 126 valence electrons. The van der Waals surface area contributed by atoms with E-state index in [4.69, 9.17) is 9.84 Å². The van der Waals surface area contributed by atoms with E-state index in [0.717, 1.165) is 43.4 Å². The highest BCUT2D eigenvalue weighted by Crippen LogP contribution is 2.40. The standard InChI is InChI=1S/C18H25NO4/c1-3-18(9-5-4-6-10-18)17(22)19-15-8-7-14(11-13(15)2)23-12-16(20)21/h7-8,11H,3-6,9-10,12H2,1-2H3,(H,19,22)(H,20,21). The van der Waals surface area contributed by atoms with Crippen LogP contribution in [0.5, 0.6) is 5.75 Å². The molecule has 2 rings (SSSR count). The number of nitrogens with one attached hydrogen (secondary N) is 1. The summed E-state index contributed by atoms with van der Waals surface area (Å²) in [4.78, 5) is 23.3. The first-order chi connectivity index (χ1) is 11.0. The summed E-state index contributed by atoms with van der Waals surface area (Å²) in [5.74, 6) is -0.421. The summed E-state index contributed by atoms with van der Waals surface area (Å²) in [7, 11) is 0. The molecule has 0 aliphatic heterocycles. The van der Waals surface area contributed by atoms with Gasteiger partial charge < -0.3 is 15.2 Å². The average Bonchev–Trinajstić information content (AvgIpc) is 2.55. The lowest BCUT2D eigenvalue weighted by molar-refractivity contribution is -0.139.